The molecule has 7 nitrogen and oxygen atoms in total. The number of Topliss-reactive ketones (excluding diaryl/α,β-unsaturated/α-hetero) is 1. The molecule has 2 heterocycles. The van der Waals surface area contributed by atoms with Crippen molar-refractivity contribution in [3.63, 3.8) is 0 Å². The van der Waals surface area contributed by atoms with Crippen molar-refractivity contribution in [2.24, 2.45) is 7.05 Å². The number of benzene rings is 2. The predicted octanol–water partition coefficient (Wildman–Crippen LogP) is 3.19. The molecule has 3 aromatic rings. The Morgan fingerprint density at radius 2 is 1.85 bits per heavy atom. The van der Waals surface area contributed by atoms with Crippen molar-refractivity contribution in [2.75, 3.05) is 39.3 Å². The third-order valence-corrected chi connectivity index (χ3v) is 6.13. The van der Waals surface area contributed by atoms with E-state index in [0.717, 1.165) is 49.5 Å². The van der Waals surface area contributed by atoms with Crippen LogP contribution in [0.4, 0.5) is 4.39 Å². The number of hydrogen-bond acceptors (Lipinski definition) is 5. The lowest BCUT2D eigenvalue weighted by Gasteiger charge is -2.34. The molecule has 0 radical (unpaired) electrons. The minimum Gasteiger partial charge on any atom is -0.492 e. The molecule has 0 saturated carbocycles. The van der Waals surface area contributed by atoms with E-state index in [4.69, 9.17) is 4.74 Å². The summed E-state index contributed by atoms with van der Waals surface area (Å²) >= 11 is 0. The first-order valence-corrected chi connectivity index (χ1v) is 11.4. The van der Waals surface area contributed by atoms with Gasteiger partial charge in [0.25, 0.3) is 0 Å². The van der Waals surface area contributed by atoms with Crippen LogP contribution >= 0.6 is 0 Å². The molecule has 0 bridgehead atoms. The van der Waals surface area contributed by atoms with Gasteiger partial charge in [-0.25, -0.2) is 4.39 Å². The number of piperazine rings is 1. The molecule has 0 atom stereocenters. The van der Waals surface area contributed by atoms with E-state index in [1.165, 1.54) is 12.1 Å². The Bertz CT molecular complexity index is 1170. The third-order valence-electron chi connectivity index (χ3n) is 6.13. The molecule has 0 aliphatic carbocycles. The van der Waals surface area contributed by atoms with E-state index in [9.17, 15) is 14.0 Å². The van der Waals surface area contributed by atoms with Crippen LogP contribution in [0.15, 0.2) is 54.7 Å². The van der Waals surface area contributed by atoms with E-state index in [1.807, 2.05) is 36.2 Å². The number of hydrogen-bond donors (Lipinski definition) is 0. The second kappa shape index (κ2) is 10.6. The first-order valence-electron chi connectivity index (χ1n) is 11.4. The maximum atomic E-state index is 13.5. The molecule has 4 rings (SSSR count). The molecule has 1 aromatic heterocycles. The summed E-state index contributed by atoms with van der Waals surface area (Å²) in [7, 11) is 1.86. The lowest BCUT2D eigenvalue weighted by Crippen LogP contribution is -2.48. The highest BCUT2D eigenvalue weighted by Crippen LogP contribution is 2.31. The highest BCUT2D eigenvalue weighted by molar-refractivity contribution is 5.97. The van der Waals surface area contributed by atoms with E-state index in [0.29, 0.717) is 17.9 Å². The van der Waals surface area contributed by atoms with Crippen LogP contribution in [0.5, 0.6) is 5.75 Å². The van der Waals surface area contributed by atoms with Gasteiger partial charge in [-0.05, 0) is 35.9 Å². The summed E-state index contributed by atoms with van der Waals surface area (Å²) < 4.78 is 21.4. The molecule has 0 N–H and O–H groups in total. The Balaban J connectivity index is 1.45. The van der Waals surface area contributed by atoms with Crippen LogP contribution in [-0.4, -0.2) is 70.6 Å². The Morgan fingerprint density at radius 3 is 2.53 bits per heavy atom. The fourth-order valence-corrected chi connectivity index (χ4v) is 4.17. The normalized spacial score (nSPS) is 14.3. The minimum atomic E-state index is -0.423. The molecule has 8 heteroatoms. The second-order valence-electron chi connectivity index (χ2n) is 8.48. The summed E-state index contributed by atoms with van der Waals surface area (Å²) in [4.78, 5) is 28.3. The lowest BCUT2D eigenvalue weighted by molar-refractivity contribution is -0.130. The van der Waals surface area contributed by atoms with E-state index in [-0.39, 0.29) is 18.1 Å². The van der Waals surface area contributed by atoms with E-state index in [2.05, 4.69) is 10.00 Å². The van der Waals surface area contributed by atoms with Crippen LogP contribution in [0.1, 0.15) is 22.8 Å². The summed E-state index contributed by atoms with van der Waals surface area (Å²) in [6.07, 6.45) is 1.88. The summed E-state index contributed by atoms with van der Waals surface area (Å²) in [5.74, 6) is 0.266. The van der Waals surface area contributed by atoms with Crippen LogP contribution in [0.25, 0.3) is 11.3 Å². The van der Waals surface area contributed by atoms with Crippen LogP contribution < -0.4 is 4.74 Å². The molecule has 1 amide bonds. The Morgan fingerprint density at radius 1 is 1.06 bits per heavy atom. The van der Waals surface area contributed by atoms with Crippen molar-refractivity contribution in [3.8, 4) is 17.0 Å². The summed E-state index contributed by atoms with van der Waals surface area (Å²) in [6, 6.07) is 13.4. The van der Waals surface area contributed by atoms with Crippen molar-refractivity contribution >= 4 is 11.7 Å². The average molecular weight is 465 g/mol. The quantitative estimate of drug-likeness (QED) is 0.479. The number of rotatable bonds is 8. The van der Waals surface area contributed by atoms with E-state index < -0.39 is 5.82 Å². The fraction of sp³-hybridized carbons (Fsp3) is 0.346. The van der Waals surface area contributed by atoms with Gasteiger partial charge in [0.05, 0.1) is 5.69 Å². The zero-order valence-electron chi connectivity index (χ0n) is 19.5. The molecule has 1 fully saturated rings. The molecule has 0 spiro atoms. The average Bonchev–Trinajstić information content (AvgIpc) is 3.25. The van der Waals surface area contributed by atoms with Crippen LogP contribution in [0, 0.1) is 5.82 Å². The maximum Gasteiger partial charge on any atom is 0.219 e. The zero-order valence-corrected chi connectivity index (χ0v) is 19.5. The molecular formula is C26H29FN4O3. The summed E-state index contributed by atoms with van der Waals surface area (Å²) in [6.45, 7) is 6.02. The summed E-state index contributed by atoms with van der Waals surface area (Å²) in [5, 5.41) is 4.27. The van der Waals surface area contributed by atoms with Crippen molar-refractivity contribution in [2.45, 2.75) is 13.3 Å². The number of ether oxygens (including phenoxy) is 1. The Labute approximate surface area is 198 Å². The van der Waals surface area contributed by atoms with Crippen molar-refractivity contribution in [1.29, 1.82) is 0 Å². The standard InChI is InChI=1S/C26H29FN4O3/c1-19(32)31-12-10-30(11-13-31)14-15-34-26-7-6-20(16-23(26)24-8-9-28-29(24)2)17-25(33)21-4-3-5-22(27)18-21/h3-9,16,18H,10-15,17H2,1-2H3. The Kier molecular flexibility index (Phi) is 7.37. The highest BCUT2D eigenvalue weighted by atomic mass is 19.1. The fourth-order valence-electron chi connectivity index (χ4n) is 4.17. The molecule has 2 aromatic carbocycles. The largest absolute Gasteiger partial charge is 0.492 e. The number of aromatic nitrogens is 2. The van der Waals surface area contributed by atoms with Gasteiger partial charge in [0, 0.05) is 70.4 Å². The predicted molar refractivity (Wildman–Crippen MR) is 127 cm³/mol. The lowest BCUT2D eigenvalue weighted by atomic mass is 9.99. The molecule has 178 valence electrons. The Hall–Kier alpha value is -3.52. The monoisotopic (exact) mass is 464 g/mol. The number of ketones is 1. The van der Waals surface area contributed by atoms with Gasteiger partial charge in [0.1, 0.15) is 18.2 Å². The number of aryl methyl sites for hydroxylation is 1. The minimum absolute atomic E-state index is 0.118. The zero-order chi connectivity index (χ0) is 24.1. The number of nitrogens with zero attached hydrogens (tertiary/aromatic N) is 4. The molecular weight excluding hydrogens is 435 g/mol. The first-order chi connectivity index (χ1) is 16.4. The first kappa shape index (κ1) is 23.6. The van der Waals surface area contributed by atoms with E-state index >= 15 is 0 Å². The summed E-state index contributed by atoms with van der Waals surface area (Å²) in [5.41, 5.74) is 2.90. The van der Waals surface area contributed by atoms with Gasteiger partial charge in [-0.3, -0.25) is 19.2 Å². The smallest absolute Gasteiger partial charge is 0.219 e. The number of amides is 1. The van der Waals surface area contributed by atoms with Crippen molar-refractivity contribution in [1.82, 2.24) is 19.6 Å². The van der Waals surface area contributed by atoms with Crippen LogP contribution in [0.3, 0.4) is 0 Å². The topological polar surface area (TPSA) is 67.7 Å². The van der Waals surface area contributed by atoms with Gasteiger partial charge in [-0.1, -0.05) is 18.2 Å². The second-order valence-corrected chi connectivity index (χ2v) is 8.48. The molecule has 1 aliphatic rings. The maximum absolute atomic E-state index is 13.5. The van der Waals surface area contributed by atoms with Gasteiger partial charge < -0.3 is 9.64 Å². The highest BCUT2D eigenvalue weighted by Gasteiger charge is 2.19. The van der Waals surface area contributed by atoms with Gasteiger partial charge in [-0.2, -0.15) is 5.10 Å². The molecule has 34 heavy (non-hydrogen) atoms. The van der Waals surface area contributed by atoms with Crippen LogP contribution in [-0.2, 0) is 18.3 Å². The third kappa shape index (κ3) is 5.69. The molecule has 1 aliphatic heterocycles. The number of carbonyl (C=O) groups excluding carboxylic acids is 2. The van der Waals surface area contributed by atoms with E-state index in [1.54, 1.807) is 29.9 Å². The van der Waals surface area contributed by atoms with Gasteiger partial charge in [0.2, 0.25) is 5.91 Å². The van der Waals surface area contributed by atoms with Gasteiger partial charge in [0.15, 0.2) is 5.78 Å². The molecule has 1 saturated heterocycles. The number of carbonyl (C=O) groups is 2. The van der Waals surface area contributed by atoms with Gasteiger partial charge >= 0.3 is 0 Å². The van der Waals surface area contributed by atoms with Gasteiger partial charge in [-0.15, -0.1) is 0 Å². The molecule has 0 unspecified atom stereocenters. The van der Waals surface area contributed by atoms with Crippen LogP contribution in [0.2, 0.25) is 0 Å². The van der Waals surface area contributed by atoms with Crippen molar-refractivity contribution in [3.05, 3.63) is 71.7 Å². The van der Waals surface area contributed by atoms with Crippen molar-refractivity contribution < 1.29 is 18.7 Å². The SMILES string of the molecule is CC(=O)N1CCN(CCOc2ccc(CC(=O)c3cccc(F)c3)cc2-c2ccnn2C)CC1. The number of halogens is 1.